The van der Waals surface area contributed by atoms with Crippen LogP contribution in [0.1, 0.15) is 60.3 Å². The summed E-state index contributed by atoms with van der Waals surface area (Å²) in [7, 11) is 1.77. The van der Waals surface area contributed by atoms with Crippen molar-refractivity contribution in [3.05, 3.63) is 9.81 Å². The third kappa shape index (κ3) is 10.9. The summed E-state index contributed by atoms with van der Waals surface area (Å²) in [6.45, 7) is 10.5. The molecule has 0 heterocycles. The van der Waals surface area contributed by atoms with Crippen LogP contribution in [0.5, 0.6) is 0 Å². The molecule has 0 bridgehead atoms. The van der Waals surface area contributed by atoms with E-state index in [1.165, 1.54) is 23.5 Å². The average Bonchev–Trinajstić information content (AvgIpc) is 2.55. The number of nitrogens with one attached hydrogen (secondary N) is 1. The summed E-state index contributed by atoms with van der Waals surface area (Å²) in [6, 6.07) is 0.170. The zero-order chi connectivity index (χ0) is 20.1. The van der Waals surface area contributed by atoms with E-state index >= 15 is 0 Å². The highest BCUT2D eigenvalue weighted by atomic mass is 32.2. The molecular formula is C19H34N2O3S2. The van der Waals surface area contributed by atoms with Crippen LogP contribution in [0.3, 0.4) is 0 Å². The largest absolute Gasteiger partial charge is 0.354 e. The van der Waals surface area contributed by atoms with Crippen LogP contribution in [0.4, 0.5) is 0 Å². The molecule has 0 spiro atoms. The smallest absolute Gasteiger partial charge is 0.261 e. The molecule has 0 aromatic rings. The Balaban J connectivity index is 4.55. The molecule has 0 saturated carbocycles. The molecule has 0 aliphatic heterocycles. The van der Waals surface area contributed by atoms with Gasteiger partial charge in [-0.2, -0.15) is 0 Å². The molecule has 7 heteroatoms. The van der Waals surface area contributed by atoms with Crippen molar-refractivity contribution < 1.29 is 14.4 Å². The molecule has 26 heavy (non-hydrogen) atoms. The fraction of sp³-hybridized carbons (Fsp3) is 0.737. The van der Waals surface area contributed by atoms with Crippen molar-refractivity contribution in [2.75, 3.05) is 19.3 Å². The first kappa shape index (κ1) is 25.1. The van der Waals surface area contributed by atoms with Crippen LogP contribution in [0.25, 0.3) is 0 Å². The molecule has 0 unspecified atom stereocenters. The zero-order valence-corrected chi connectivity index (χ0v) is 18.6. The van der Waals surface area contributed by atoms with Crippen molar-refractivity contribution in [1.29, 1.82) is 0 Å². The summed E-state index contributed by atoms with van der Waals surface area (Å²) in [5, 5.41) is 3.12. The number of hydrogen-bond acceptors (Lipinski definition) is 5. The maximum Gasteiger partial charge on any atom is 0.261 e. The summed E-state index contributed by atoms with van der Waals surface area (Å²) < 4.78 is 0. The number of amides is 2. The van der Waals surface area contributed by atoms with Gasteiger partial charge in [0, 0.05) is 31.3 Å². The van der Waals surface area contributed by atoms with Crippen molar-refractivity contribution >= 4 is 41.6 Å². The van der Waals surface area contributed by atoms with Gasteiger partial charge in [-0.25, -0.2) is 0 Å². The molecule has 0 aliphatic rings. The van der Waals surface area contributed by atoms with Gasteiger partial charge in [-0.05, 0) is 32.4 Å². The lowest BCUT2D eigenvalue weighted by molar-refractivity contribution is -0.125. The Kier molecular flexibility index (Phi) is 13.6. The van der Waals surface area contributed by atoms with E-state index < -0.39 is 0 Å². The lowest BCUT2D eigenvalue weighted by Gasteiger charge is -2.20. The Morgan fingerprint density at radius 1 is 1.12 bits per heavy atom. The first-order valence-electron chi connectivity index (χ1n) is 9.26. The van der Waals surface area contributed by atoms with E-state index in [-0.39, 0.29) is 23.1 Å². The number of hydrogen-bond donors (Lipinski definition) is 1. The molecule has 1 N–H and O–H groups in total. The number of rotatable bonds is 13. The number of aldehydes is 1. The van der Waals surface area contributed by atoms with Crippen LogP contribution >= 0.6 is 23.5 Å². The van der Waals surface area contributed by atoms with Gasteiger partial charge in [-0.1, -0.05) is 27.2 Å². The second kappa shape index (κ2) is 14.2. The molecule has 5 nitrogen and oxygen atoms in total. The van der Waals surface area contributed by atoms with Gasteiger partial charge in [0.15, 0.2) is 6.29 Å². The Morgan fingerprint density at radius 2 is 1.77 bits per heavy atom. The quantitative estimate of drug-likeness (QED) is 0.288. The normalized spacial score (nSPS) is 12.2. The number of nitrogens with zero attached hydrogens (tertiary/aromatic N) is 1. The van der Waals surface area contributed by atoms with Gasteiger partial charge in [0.2, 0.25) is 5.91 Å². The monoisotopic (exact) mass is 402 g/mol. The predicted molar refractivity (Wildman–Crippen MR) is 113 cm³/mol. The summed E-state index contributed by atoms with van der Waals surface area (Å²) in [5.74, 6) is 0.732. The molecule has 0 aromatic carbocycles. The van der Waals surface area contributed by atoms with Crippen LogP contribution in [-0.4, -0.2) is 53.6 Å². The Labute approximate surface area is 167 Å². The van der Waals surface area contributed by atoms with Crippen LogP contribution in [0.15, 0.2) is 9.81 Å². The molecule has 2 amide bonds. The lowest BCUT2D eigenvalue weighted by Crippen LogP contribution is -2.30. The van der Waals surface area contributed by atoms with Crippen molar-refractivity contribution in [3.63, 3.8) is 0 Å². The highest BCUT2D eigenvalue weighted by Crippen LogP contribution is 2.30. The zero-order valence-electron chi connectivity index (χ0n) is 17.0. The molecular weight excluding hydrogens is 368 g/mol. The van der Waals surface area contributed by atoms with Crippen molar-refractivity contribution in [2.45, 2.75) is 71.6 Å². The number of carbonyl (C=O) groups excluding carboxylic acids is 3. The minimum absolute atomic E-state index is 0.0790. The second-order valence-electron chi connectivity index (χ2n) is 6.67. The van der Waals surface area contributed by atoms with Crippen LogP contribution in [0.2, 0.25) is 0 Å². The fourth-order valence-electron chi connectivity index (χ4n) is 2.25. The molecule has 0 aromatic heterocycles. The van der Waals surface area contributed by atoms with Gasteiger partial charge in [0.05, 0.1) is 9.81 Å². The number of likely N-dealkylation sites (N-methyl/N-ethyl adjacent to an activating group) is 1. The van der Waals surface area contributed by atoms with E-state index in [2.05, 4.69) is 5.32 Å². The fourth-order valence-corrected chi connectivity index (χ4v) is 4.09. The summed E-state index contributed by atoms with van der Waals surface area (Å²) >= 11 is 2.86. The third-order valence-electron chi connectivity index (χ3n) is 3.37. The van der Waals surface area contributed by atoms with Crippen molar-refractivity contribution in [2.24, 2.45) is 0 Å². The van der Waals surface area contributed by atoms with Gasteiger partial charge in [0.1, 0.15) is 0 Å². The molecule has 0 aliphatic carbocycles. The number of unbranched alkanes of at least 4 members (excludes halogenated alkanes) is 2. The molecule has 0 saturated heterocycles. The van der Waals surface area contributed by atoms with Crippen LogP contribution in [0, 0.1) is 0 Å². The maximum absolute atomic E-state index is 12.7. The molecule has 0 rings (SSSR count). The summed E-state index contributed by atoms with van der Waals surface area (Å²) in [4.78, 5) is 38.5. The number of thioether (sulfide) groups is 2. The maximum atomic E-state index is 12.7. The molecule has 150 valence electrons. The highest BCUT2D eigenvalue weighted by Gasteiger charge is 2.20. The van der Waals surface area contributed by atoms with E-state index in [1.54, 1.807) is 11.9 Å². The number of allylic oxidation sites excluding steroid dienone is 1. The second-order valence-corrected chi connectivity index (χ2v) is 9.56. The average molecular weight is 403 g/mol. The highest BCUT2D eigenvalue weighted by molar-refractivity contribution is 8.08. The first-order chi connectivity index (χ1) is 12.2. The van der Waals surface area contributed by atoms with E-state index in [0.717, 1.165) is 31.3 Å². The summed E-state index contributed by atoms with van der Waals surface area (Å²) in [6.07, 6.45) is 3.86. The standard InChI is InChI=1S/C19H34N2O3S2/c1-7-25-18(16(13-22)26-15(4)5)19(24)21(6)12-10-8-9-11-17(23)20-14(2)3/h13-15H,7-12H2,1-6H3,(H,20,23)/b18-16-. The van der Waals surface area contributed by atoms with Gasteiger partial charge in [0.25, 0.3) is 5.91 Å². The van der Waals surface area contributed by atoms with Crippen molar-refractivity contribution in [1.82, 2.24) is 10.2 Å². The minimum Gasteiger partial charge on any atom is -0.354 e. The lowest BCUT2D eigenvalue weighted by atomic mass is 10.1. The number of carbonyl (C=O) groups is 3. The summed E-state index contributed by atoms with van der Waals surface area (Å²) in [5.41, 5.74) is 0. The van der Waals surface area contributed by atoms with E-state index in [1.807, 2.05) is 34.6 Å². The van der Waals surface area contributed by atoms with E-state index in [9.17, 15) is 14.4 Å². The molecule has 0 fully saturated rings. The topological polar surface area (TPSA) is 66.5 Å². The molecule has 0 atom stereocenters. The third-order valence-corrected chi connectivity index (χ3v) is 5.50. The Hall–Kier alpha value is -0.950. The van der Waals surface area contributed by atoms with Crippen LogP contribution in [-0.2, 0) is 14.4 Å². The van der Waals surface area contributed by atoms with E-state index in [0.29, 0.717) is 22.8 Å². The van der Waals surface area contributed by atoms with Crippen LogP contribution < -0.4 is 5.32 Å². The van der Waals surface area contributed by atoms with Gasteiger partial charge in [-0.3, -0.25) is 14.4 Å². The Morgan fingerprint density at radius 3 is 2.27 bits per heavy atom. The van der Waals surface area contributed by atoms with Crippen molar-refractivity contribution in [3.8, 4) is 0 Å². The van der Waals surface area contributed by atoms with Gasteiger partial charge < -0.3 is 10.2 Å². The SMILES string of the molecule is CCS/C(C(=O)N(C)CCCCCC(=O)NC(C)C)=C(/C=O)SC(C)C. The van der Waals surface area contributed by atoms with Gasteiger partial charge >= 0.3 is 0 Å². The molecule has 0 radical (unpaired) electrons. The Bertz CT molecular complexity index is 491. The predicted octanol–water partition coefficient (Wildman–Crippen LogP) is 3.84. The van der Waals surface area contributed by atoms with E-state index in [4.69, 9.17) is 0 Å². The van der Waals surface area contributed by atoms with Gasteiger partial charge in [-0.15, -0.1) is 23.5 Å². The first-order valence-corrected chi connectivity index (χ1v) is 11.1. The minimum atomic E-state index is -0.0929.